The maximum Gasteiger partial charge on any atom is 0.275 e. The molecule has 0 unspecified atom stereocenters. The molecule has 124 valence electrons. The van der Waals surface area contributed by atoms with E-state index in [0.29, 0.717) is 24.0 Å². The molecule has 3 rings (SSSR count). The molecule has 2 aliphatic rings. The molecule has 1 amide bonds. The van der Waals surface area contributed by atoms with E-state index in [1.54, 1.807) is 12.1 Å². The highest BCUT2D eigenvalue weighted by Gasteiger charge is 2.46. The fourth-order valence-electron chi connectivity index (χ4n) is 3.35. The number of nitrogens with one attached hydrogen (secondary N) is 1. The first-order valence-corrected chi connectivity index (χ1v) is 7.91. The molecule has 1 saturated carbocycles. The number of fused-ring (bicyclic) bond motifs is 1. The molecule has 0 bridgehead atoms. The fourth-order valence-corrected chi connectivity index (χ4v) is 3.35. The van der Waals surface area contributed by atoms with Crippen molar-refractivity contribution in [3.05, 3.63) is 34.9 Å². The lowest BCUT2D eigenvalue weighted by Gasteiger charge is -2.34. The van der Waals surface area contributed by atoms with Gasteiger partial charge in [-0.3, -0.25) is 9.59 Å². The number of hydrogen-bond acceptors (Lipinski definition) is 3. The van der Waals surface area contributed by atoms with E-state index in [4.69, 9.17) is 0 Å². The normalized spacial score (nSPS) is 26.5. The summed E-state index contributed by atoms with van der Waals surface area (Å²) in [6.07, 6.45) is 0.360. The van der Waals surface area contributed by atoms with Crippen molar-refractivity contribution in [1.29, 1.82) is 0 Å². The first kappa shape index (κ1) is 16.1. The van der Waals surface area contributed by atoms with E-state index >= 15 is 0 Å². The van der Waals surface area contributed by atoms with Crippen LogP contribution in [0.2, 0.25) is 0 Å². The Hall–Kier alpha value is -1.82. The Morgan fingerprint density at radius 1 is 1.26 bits per heavy atom. The second-order valence-corrected chi connectivity index (χ2v) is 6.33. The third-order valence-electron chi connectivity index (χ3n) is 4.67. The molecule has 0 radical (unpaired) electrons. The summed E-state index contributed by atoms with van der Waals surface area (Å²) in [5, 5.41) is 12.2. The quantitative estimate of drug-likeness (QED) is 0.879. The van der Waals surface area contributed by atoms with E-state index in [2.05, 4.69) is 5.32 Å². The van der Waals surface area contributed by atoms with Gasteiger partial charge in [-0.05, 0) is 43.4 Å². The first-order chi connectivity index (χ1) is 10.9. The monoisotopic (exact) mass is 323 g/mol. The largest absolute Gasteiger partial charge is 0.385 e. The van der Waals surface area contributed by atoms with E-state index in [9.17, 15) is 23.5 Å². The van der Waals surface area contributed by atoms with Crippen LogP contribution in [0.3, 0.4) is 0 Å². The highest BCUT2D eigenvalue weighted by Crippen LogP contribution is 2.33. The van der Waals surface area contributed by atoms with Gasteiger partial charge in [-0.1, -0.05) is 6.07 Å². The Bertz CT molecular complexity index is 645. The van der Waals surface area contributed by atoms with E-state index < -0.39 is 24.0 Å². The van der Waals surface area contributed by atoms with E-state index in [1.807, 2.05) is 0 Å². The average Bonchev–Trinajstić information content (AvgIpc) is 2.51. The summed E-state index contributed by atoms with van der Waals surface area (Å²) in [6, 6.07) is 3.85. The predicted molar refractivity (Wildman–Crippen MR) is 79.8 cm³/mol. The highest BCUT2D eigenvalue weighted by atomic mass is 19.3. The molecule has 1 fully saturated rings. The summed E-state index contributed by atoms with van der Waals surface area (Å²) < 4.78 is 27.1. The van der Waals surface area contributed by atoms with Gasteiger partial charge in [0.15, 0.2) is 5.78 Å². The number of alkyl halides is 2. The number of carbonyl (C=O) groups is 2. The summed E-state index contributed by atoms with van der Waals surface area (Å²) in [7, 11) is 0. The molecule has 6 heteroatoms. The molecule has 0 aromatic heterocycles. The molecule has 1 aromatic rings. The van der Waals surface area contributed by atoms with Crippen molar-refractivity contribution >= 4 is 11.7 Å². The van der Waals surface area contributed by atoms with Crippen molar-refractivity contribution in [3.63, 3.8) is 0 Å². The minimum atomic E-state index is -3.17. The zero-order chi connectivity index (χ0) is 16.6. The molecule has 0 heterocycles. The van der Waals surface area contributed by atoms with Crippen LogP contribution in [0.5, 0.6) is 0 Å². The molecule has 23 heavy (non-hydrogen) atoms. The van der Waals surface area contributed by atoms with Gasteiger partial charge in [0.2, 0.25) is 0 Å². The maximum absolute atomic E-state index is 13.5. The van der Waals surface area contributed by atoms with Crippen LogP contribution in [0.25, 0.3) is 0 Å². The number of halogens is 2. The Kier molecular flexibility index (Phi) is 4.19. The van der Waals surface area contributed by atoms with Crippen molar-refractivity contribution in [2.24, 2.45) is 0 Å². The Morgan fingerprint density at radius 2 is 2.04 bits per heavy atom. The lowest BCUT2D eigenvalue weighted by Crippen LogP contribution is -2.54. The van der Waals surface area contributed by atoms with Crippen LogP contribution in [-0.2, 0) is 6.42 Å². The van der Waals surface area contributed by atoms with Crippen LogP contribution in [0.4, 0.5) is 8.78 Å². The van der Waals surface area contributed by atoms with E-state index in [-0.39, 0.29) is 18.6 Å². The predicted octanol–water partition coefficient (Wildman–Crippen LogP) is 2.48. The second kappa shape index (κ2) is 6.00. The number of ketones is 1. The molecular formula is C17H19F2NO3. The number of Topliss-reactive ketones (excluding diaryl/α,β-unsaturated/α-hetero) is 1. The molecule has 0 spiro atoms. The summed E-state index contributed by atoms with van der Waals surface area (Å²) in [5.41, 5.74) is 1.79. The van der Waals surface area contributed by atoms with Gasteiger partial charge in [0.1, 0.15) is 6.10 Å². The first-order valence-electron chi connectivity index (χ1n) is 7.91. The number of carbonyl (C=O) groups excluding carboxylic acids is 2. The smallest absolute Gasteiger partial charge is 0.275 e. The van der Waals surface area contributed by atoms with Gasteiger partial charge in [0.25, 0.3) is 11.8 Å². The summed E-state index contributed by atoms with van der Waals surface area (Å²) in [6.45, 7) is 0. The molecule has 4 nitrogen and oxygen atoms in total. The van der Waals surface area contributed by atoms with Crippen LogP contribution < -0.4 is 5.32 Å². The minimum absolute atomic E-state index is 0.0700. The van der Waals surface area contributed by atoms with Crippen molar-refractivity contribution in [1.82, 2.24) is 5.32 Å². The van der Waals surface area contributed by atoms with Crippen LogP contribution in [0.1, 0.15) is 58.4 Å². The van der Waals surface area contributed by atoms with Gasteiger partial charge in [-0.2, -0.15) is 0 Å². The second-order valence-electron chi connectivity index (χ2n) is 6.33. The molecule has 2 N–H and O–H groups in total. The van der Waals surface area contributed by atoms with Gasteiger partial charge < -0.3 is 10.4 Å². The van der Waals surface area contributed by atoms with Crippen LogP contribution >= 0.6 is 0 Å². The number of rotatable bonds is 2. The molecular weight excluding hydrogens is 304 g/mol. The third-order valence-corrected chi connectivity index (χ3v) is 4.67. The van der Waals surface area contributed by atoms with E-state index in [1.165, 1.54) is 6.07 Å². The molecule has 0 aliphatic heterocycles. The summed E-state index contributed by atoms with van der Waals surface area (Å²) in [4.78, 5) is 24.1. The highest BCUT2D eigenvalue weighted by molar-refractivity contribution is 6.01. The molecule has 2 aliphatic carbocycles. The summed E-state index contributed by atoms with van der Waals surface area (Å²) >= 11 is 0. The zero-order valence-corrected chi connectivity index (χ0v) is 12.6. The number of aryl methyl sites for hydroxylation is 1. The van der Waals surface area contributed by atoms with Gasteiger partial charge >= 0.3 is 0 Å². The topological polar surface area (TPSA) is 66.4 Å². The van der Waals surface area contributed by atoms with Crippen LogP contribution in [-0.4, -0.2) is 34.9 Å². The van der Waals surface area contributed by atoms with Crippen LogP contribution in [0, 0.1) is 0 Å². The fraction of sp³-hybridized carbons (Fsp3) is 0.529. The number of aliphatic hydroxyl groups excluding tert-OH is 1. The number of aliphatic hydroxyl groups is 1. The van der Waals surface area contributed by atoms with E-state index in [0.717, 1.165) is 18.4 Å². The van der Waals surface area contributed by atoms with Crippen molar-refractivity contribution in [3.8, 4) is 0 Å². The van der Waals surface area contributed by atoms with Gasteiger partial charge in [-0.25, -0.2) is 8.78 Å². The van der Waals surface area contributed by atoms with Crippen molar-refractivity contribution in [2.75, 3.05) is 0 Å². The number of amides is 1. The molecule has 0 saturated heterocycles. The Balaban J connectivity index is 1.75. The molecule has 1 aromatic carbocycles. The standard InChI is InChI=1S/C17H19F2NO3/c18-17(19)8-2-4-13(15(17)22)20-16(23)11-6-7-12-10(9-11)3-1-5-14(12)21/h6-7,9,13,15,22H,1-5,8H2,(H,20,23)/t13-,15+/m0/s1. The SMILES string of the molecule is O=C(N[C@H]1CCCC(F)(F)[C@@H]1O)c1ccc2c(c1)CCCC2=O. The average molecular weight is 323 g/mol. The summed E-state index contributed by atoms with van der Waals surface area (Å²) in [5.74, 6) is -3.59. The molecule has 2 atom stereocenters. The lowest BCUT2D eigenvalue weighted by molar-refractivity contribution is -0.141. The lowest BCUT2D eigenvalue weighted by atomic mass is 9.88. The maximum atomic E-state index is 13.5. The van der Waals surface area contributed by atoms with Gasteiger partial charge in [0.05, 0.1) is 6.04 Å². The van der Waals surface area contributed by atoms with Gasteiger partial charge in [-0.15, -0.1) is 0 Å². The number of benzene rings is 1. The number of hydrogen-bond donors (Lipinski definition) is 2. The van der Waals surface area contributed by atoms with Crippen molar-refractivity contribution < 1.29 is 23.5 Å². The zero-order valence-electron chi connectivity index (χ0n) is 12.6. The minimum Gasteiger partial charge on any atom is -0.385 e. The third kappa shape index (κ3) is 3.13. The van der Waals surface area contributed by atoms with Crippen molar-refractivity contribution in [2.45, 2.75) is 56.6 Å². The van der Waals surface area contributed by atoms with Crippen LogP contribution in [0.15, 0.2) is 18.2 Å². The Labute approximate surface area is 132 Å². The van der Waals surface area contributed by atoms with Gasteiger partial charge in [0, 0.05) is 24.0 Å². The Morgan fingerprint density at radius 3 is 2.83 bits per heavy atom.